The number of carbonyl (C=O) groups is 1. The molecule has 1 aromatic heterocycles. The minimum absolute atomic E-state index is 0.00855. The molecule has 0 saturated carbocycles. The van der Waals surface area contributed by atoms with Gasteiger partial charge >= 0.3 is 0 Å². The minimum Gasteiger partial charge on any atom is -0.276 e. The van der Waals surface area contributed by atoms with Gasteiger partial charge in [0.25, 0.3) is 11.7 Å². The summed E-state index contributed by atoms with van der Waals surface area (Å²) in [7, 11) is 0. The number of rotatable bonds is 2. The summed E-state index contributed by atoms with van der Waals surface area (Å²) >= 11 is 9.82. The Morgan fingerprint density at radius 3 is 2.64 bits per heavy atom. The van der Waals surface area contributed by atoms with Crippen LogP contribution >= 0.6 is 50.1 Å². The Bertz CT molecular complexity index is 388. The fourth-order valence-corrected chi connectivity index (χ4v) is 2.52. The second kappa shape index (κ2) is 4.80. The molecule has 1 aromatic rings. The smallest absolute Gasteiger partial charge is 0.266 e. The van der Waals surface area contributed by atoms with Crippen molar-refractivity contribution < 1.29 is 13.6 Å². The maximum absolute atomic E-state index is 12.4. The first-order valence-electron chi connectivity index (χ1n) is 3.27. The Kier molecular flexibility index (Phi) is 4.20. The lowest BCUT2D eigenvalue weighted by Crippen LogP contribution is -2.01. The summed E-state index contributed by atoms with van der Waals surface area (Å²) in [6.45, 7) is 0. The molecule has 2 nitrogen and oxygen atoms in total. The molecule has 0 bridgehead atoms. The number of alkyl halides is 2. The van der Waals surface area contributed by atoms with E-state index in [1.165, 1.54) is 0 Å². The fourth-order valence-electron chi connectivity index (χ4n) is 0.776. The highest BCUT2D eigenvalue weighted by molar-refractivity contribution is 14.1. The molecule has 0 aliphatic rings. The maximum atomic E-state index is 12.4. The Labute approximate surface area is 105 Å². The number of hydrogen-bond acceptors (Lipinski definition) is 2. The van der Waals surface area contributed by atoms with Gasteiger partial charge in [0.2, 0.25) is 0 Å². The second-order valence-electron chi connectivity index (χ2n) is 2.28. The third kappa shape index (κ3) is 2.60. The first-order valence-corrected chi connectivity index (χ1v) is 5.52. The second-order valence-corrected chi connectivity index (χ2v) is 4.40. The van der Waals surface area contributed by atoms with Crippen LogP contribution in [-0.2, 0) is 0 Å². The van der Waals surface area contributed by atoms with E-state index >= 15 is 0 Å². The van der Waals surface area contributed by atoms with E-state index in [2.05, 4.69) is 20.9 Å². The van der Waals surface area contributed by atoms with E-state index in [1.54, 1.807) is 22.6 Å². The Morgan fingerprint density at radius 2 is 2.21 bits per heavy atom. The van der Waals surface area contributed by atoms with Gasteiger partial charge < -0.3 is 0 Å². The molecular formula is C7H2BrClF2INO. The van der Waals surface area contributed by atoms with E-state index in [-0.39, 0.29) is 15.7 Å². The number of hydrogen-bond donors (Lipinski definition) is 0. The summed E-state index contributed by atoms with van der Waals surface area (Å²) in [5.74, 6) is 0. The molecule has 1 heterocycles. The normalized spacial score (nSPS) is 10.7. The third-order valence-corrected chi connectivity index (χ3v) is 3.06. The molecule has 0 atom stereocenters. The average Bonchev–Trinajstić information content (AvgIpc) is 2.02. The van der Waals surface area contributed by atoms with E-state index in [9.17, 15) is 13.6 Å². The largest absolute Gasteiger partial charge is 0.276 e. The number of pyridine rings is 1. The van der Waals surface area contributed by atoms with Crippen LogP contribution in [0, 0.1) is 3.70 Å². The van der Waals surface area contributed by atoms with Crippen LogP contribution in [0.15, 0.2) is 10.7 Å². The Balaban J connectivity index is 3.34. The van der Waals surface area contributed by atoms with E-state index < -0.39 is 11.7 Å². The van der Waals surface area contributed by atoms with E-state index in [0.29, 0.717) is 3.70 Å². The highest BCUT2D eigenvalue weighted by Crippen LogP contribution is 2.28. The zero-order valence-electron chi connectivity index (χ0n) is 6.40. The molecule has 0 fully saturated rings. The molecule has 0 saturated heterocycles. The van der Waals surface area contributed by atoms with Crippen LogP contribution in [0.3, 0.4) is 0 Å². The minimum atomic E-state index is -2.69. The van der Waals surface area contributed by atoms with Gasteiger partial charge in [0.05, 0.1) is 11.1 Å². The van der Waals surface area contributed by atoms with Crippen molar-refractivity contribution in [1.82, 2.24) is 4.98 Å². The van der Waals surface area contributed by atoms with E-state index in [0.717, 1.165) is 6.07 Å². The van der Waals surface area contributed by atoms with Gasteiger partial charge in [-0.25, -0.2) is 13.8 Å². The van der Waals surface area contributed by atoms with Crippen molar-refractivity contribution in [3.8, 4) is 0 Å². The lowest BCUT2D eigenvalue weighted by atomic mass is 10.2. The molecule has 0 aliphatic heterocycles. The van der Waals surface area contributed by atoms with Gasteiger partial charge in [-0.05, 0) is 56.2 Å². The van der Waals surface area contributed by atoms with Crippen molar-refractivity contribution in [3.05, 3.63) is 25.5 Å². The molecule has 0 radical (unpaired) electrons. The van der Waals surface area contributed by atoms with Gasteiger partial charge in [-0.15, -0.1) is 0 Å². The first-order chi connectivity index (χ1) is 6.43. The highest BCUT2D eigenvalue weighted by atomic mass is 127. The summed E-state index contributed by atoms with van der Waals surface area (Å²) in [6.07, 6.45) is -2.69. The van der Waals surface area contributed by atoms with Crippen LogP contribution in [0.2, 0.25) is 0 Å². The van der Waals surface area contributed by atoms with Gasteiger partial charge in [0, 0.05) is 0 Å². The number of nitrogens with zero attached hydrogens (tertiary/aromatic N) is 1. The van der Waals surface area contributed by atoms with Crippen molar-refractivity contribution in [2.45, 2.75) is 6.43 Å². The zero-order valence-corrected chi connectivity index (χ0v) is 10.9. The summed E-state index contributed by atoms with van der Waals surface area (Å²) in [6, 6.07) is 1.04. The summed E-state index contributed by atoms with van der Waals surface area (Å²) in [5, 5.41) is -0.795. The Morgan fingerprint density at radius 1 is 1.64 bits per heavy atom. The molecule has 14 heavy (non-hydrogen) atoms. The van der Waals surface area contributed by atoms with Crippen LogP contribution in [-0.4, -0.2) is 10.2 Å². The maximum Gasteiger partial charge on any atom is 0.266 e. The summed E-state index contributed by atoms with van der Waals surface area (Å²) in [4.78, 5) is 14.5. The van der Waals surface area contributed by atoms with Gasteiger partial charge in [-0.1, -0.05) is 0 Å². The molecule has 0 aromatic carbocycles. The standard InChI is InChI=1S/C7H2BrClF2INO/c8-4-2(6(10)11)1-3(5(9)14)7(12)13-4/h1,6H. The van der Waals surface area contributed by atoms with Crippen molar-refractivity contribution in [2.75, 3.05) is 0 Å². The molecule has 0 unspecified atom stereocenters. The molecule has 76 valence electrons. The number of aromatic nitrogens is 1. The zero-order chi connectivity index (χ0) is 10.9. The van der Waals surface area contributed by atoms with Gasteiger partial charge in [0.15, 0.2) is 0 Å². The highest BCUT2D eigenvalue weighted by Gasteiger charge is 2.18. The lowest BCUT2D eigenvalue weighted by Gasteiger charge is -2.05. The summed E-state index contributed by atoms with van der Waals surface area (Å²) in [5.41, 5.74) is -0.347. The quantitative estimate of drug-likeness (QED) is 0.433. The van der Waals surface area contributed by atoms with E-state index in [4.69, 9.17) is 11.6 Å². The number of carbonyl (C=O) groups excluding carboxylic acids is 1. The topological polar surface area (TPSA) is 30.0 Å². The molecule has 0 amide bonds. The van der Waals surface area contributed by atoms with Gasteiger partial charge in [-0.2, -0.15) is 0 Å². The monoisotopic (exact) mass is 395 g/mol. The summed E-state index contributed by atoms with van der Waals surface area (Å²) < 4.78 is 25.1. The fraction of sp³-hybridized carbons (Fsp3) is 0.143. The van der Waals surface area contributed by atoms with Crippen LogP contribution in [0.5, 0.6) is 0 Å². The number of halogens is 5. The predicted molar refractivity (Wildman–Crippen MR) is 59.8 cm³/mol. The Hall–Kier alpha value is 0.180. The van der Waals surface area contributed by atoms with Crippen molar-refractivity contribution in [2.24, 2.45) is 0 Å². The van der Waals surface area contributed by atoms with Crippen molar-refractivity contribution in [3.63, 3.8) is 0 Å². The van der Waals surface area contributed by atoms with Crippen LogP contribution in [0.1, 0.15) is 22.3 Å². The van der Waals surface area contributed by atoms with Crippen LogP contribution in [0.25, 0.3) is 0 Å². The third-order valence-electron chi connectivity index (χ3n) is 1.40. The molecular weight excluding hydrogens is 394 g/mol. The van der Waals surface area contributed by atoms with Crippen LogP contribution < -0.4 is 0 Å². The lowest BCUT2D eigenvalue weighted by molar-refractivity contribution is 0.107. The SMILES string of the molecule is O=C(Cl)c1cc(C(F)F)c(Br)nc1I. The molecule has 0 spiro atoms. The van der Waals surface area contributed by atoms with Crippen molar-refractivity contribution >= 4 is 55.4 Å². The van der Waals surface area contributed by atoms with Gasteiger partial charge in [0.1, 0.15) is 8.30 Å². The van der Waals surface area contributed by atoms with E-state index in [1.807, 2.05) is 0 Å². The first kappa shape index (κ1) is 12.3. The predicted octanol–water partition coefficient (Wildman–Crippen LogP) is 3.77. The molecule has 0 aliphatic carbocycles. The van der Waals surface area contributed by atoms with Crippen molar-refractivity contribution in [1.29, 1.82) is 0 Å². The average molecular weight is 396 g/mol. The molecule has 7 heteroatoms. The van der Waals surface area contributed by atoms with Crippen LogP contribution in [0.4, 0.5) is 8.78 Å². The molecule has 1 rings (SSSR count). The van der Waals surface area contributed by atoms with Gasteiger partial charge in [-0.3, -0.25) is 4.79 Å². The molecule has 0 N–H and O–H groups in total.